The Morgan fingerprint density at radius 3 is 2.41 bits per heavy atom. The first-order chi connectivity index (χ1) is 30.4. The number of carbonyl (C=O) groups excluding carboxylic acids is 3. The number of rotatable bonds is 16. The van der Waals surface area contributed by atoms with Gasteiger partial charge in [0.15, 0.2) is 0 Å². The fraction of sp³-hybridized carbons (Fsp3) is 0.609. The molecule has 4 aliphatic rings. The van der Waals surface area contributed by atoms with Gasteiger partial charge in [0.1, 0.15) is 64.9 Å². The lowest BCUT2D eigenvalue weighted by atomic mass is 9.85. The topological polar surface area (TPSA) is 207 Å². The first kappa shape index (κ1) is 46.9. The van der Waals surface area contributed by atoms with Gasteiger partial charge in [0, 0.05) is 49.5 Å². The molecule has 4 heterocycles. The van der Waals surface area contributed by atoms with Gasteiger partial charge in [-0.1, -0.05) is 52.3 Å². The zero-order valence-electron chi connectivity index (χ0n) is 37.8. The smallest absolute Gasteiger partial charge is 0.408 e. The van der Waals surface area contributed by atoms with Crippen molar-refractivity contribution in [3.05, 3.63) is 42.1 Å². The molecule has 17 nitrogen and oxygen atoms in total. The normalized spacial score (nSPS) is 26.4. The zero-order valence-corrected chi connectivity index (χ0v) is 38.5. The van der Waals surface area contributed by atoms with Gasteiger partial charge >= 0.3 is 12.1 Å². The Labute approximate surface area is 378 Å². The SMILES string of the molecule is C=C[C@@H]1C[C@]1(NC(=O)[C@@H]1C[C@@H](Oc2cc(-c3coc(NC(C)C)n3)nc3c(Cl)c(OCCN4CCOCC4)ccc23)CN1C(=O)[C@@H](NC(=O)OC1CC(C)[C@H](C)C1)C(C)(C)C)C(=O)O. The number of benzene rings is 1. The third kappa shape index (κ3) is 10.4. The molecule has 0 radical (unpaired) electrons. The first-order valence-electron chi connectivity index (χ1n) is 22.3. The number of likely N-dealkylation sites (tertiary alicyclic amines) is 1. The number of halogens is 1. The third-order valence-electron chi connectivity index (χ3n) is 12.9. The van der Waals surface area contributed by atoms with Crippen LogP contribution in [0.5, 0.6) is 11.5 Å². The van der Waals surface area contributed by atoms with Gasteiger partial charge in [0.2, 0.25) is 11.8 Å². The molecule has 2 unspecified atom stereocenters. The summed E-state index contributed by atoms with van der Waals surface area (Å²) in [6.07, 6.45) is 2.78. The first-order valence-corrected chi connectivity index (χ1v) is 22.7. The second-order valence-corrected chi connectivity index (χ2v) is 19.5. The largest absolute Gasteiger partial charge is 0.491 e. The molecule has 64 heavy (non-hydrogen) atoms. The average molecular weight is 908 g/mol. The van der Waals surface area contributed by atoms with Gasteiger partial charge in [-0.15, -0.1) is 6.58 Å². The second kappa shape index (κ2) is 19.1. The summed E-state index contributed by atoms with van der Waals surface area (Å²) in [5.41, 5.74) is -1.23. The Morgan fingerprint density at radius 1 is 1.05 bits per heavy atom. The average Bonchev–Trinajstić information content (AvgIpc) is 3.47. The van der Waals surface area contributed by atoms with E-state index >= 15 is 0 Å². The fourth-order valence-electron chi connectivity index (χ4n) is 8.84. The third-order valence-corrected chi connectivity index (χ3v) is 13.2. The van der Waals surface area contributed by atoms with Gasteiger partial charge in [0.25, 0.3) is 6.01 Å². The van der Waals surface area contributed by atoms with Crippen molar-refractivity contribution in [2.24, 2.45) is 23.2 Å². The molecule has 1 aromatic carbocycles. The van der Waals surface area contributed by atoms with E-state index in [1.165, 1.54) is 17.2 Å². The van der Waals surface area contributed by atoms with E-state index in [9.17, 15) is 24.3 Å². The molecule has 0 spiro atoms. The van der Waals surface area contributed by atoms with Crippen molar-refractivity contribution in [2.45, 2.75) is 110 Å². The number of carboxylic acids is 1. The maximum absolute atomic E-state index is 14.8. The number of aromatic nitrogens is 2. The molecule has 2 aliphatic carbocycles. The maximum Gasteiger partial charge on any atom is 0.408 e. The lowest BCUT2D eigenvalue weighted by Crippen LogP contribution is -2.59. The number of nitrogens with one attached hydrogen (secondary N) is 3. The lowest BCUT2D eigenvalue weighted by Gasteiger charge is -2.35. The van der Waals surface area contributed by atoms with Crippen molar-refractivity contribution in [1.29, 1.82) is 0 Å². The number of carboxylic acid groups (broad SMARTS) is 1. The summed E-state index contributed by atoms with van der Waals surface area (Å²) in [6.45, 7) is 21.3. The zero-order chi connectivity index (χ0) is 46.1. The van der Waals surface area contributed by atoms with Crippen molar-refractivity contribution in [1.82, 2.24) is 30.4 Å². The van der Waals surface area contributed by atoms with Gasteiger partial charge in [0.05, 0.1) is 31.0 Å². The van der Waals surface area contributed by atoms with Gasteiger partial charge in [-0.25, -0.2) is 14.6 Å². The van der Waals surface area contributed by atoms with Crippen LogP contribution < -0.4 is 25.4 Å². The van der Waals surface area contributed by atoms with Crippen molar-refractivity contribution >= 4 is 52.4 Å². The number of ether oxygens (including phenoxy) is 4. The molecule has 2 aliphatic heterocycles. The number of carbonyl (C=O) groups is 4. The maximum atomic E-state index is 14.8. The molecular weight excluding hydrogens is 846 g/mol. The van der Waals surface area contributed by atoms with E-state index in [1.807, 2.05) is 34.6 Å². The molecular formula is C46H62ClN7O10. The fourth-order valence-corrected chi connectivity index (χ4v) is 9.10. The van der Waals surface area contributed by atoms with Gasteiger partial charge in [-0.2, -0.15) is 4.98 Å². The highest BCUT2D eigenvalue weighted by atomic mass is 35.5. The predicted octanol–water partition coefficient (Wildman–Crippen LogP) is 6.14. The number of pyridine rings is 1. The van der Waals surface area contributed by atoms with E-state index in [1.54, 1.807) is 18.2 Å². The highest BCUT2D eigenvalue weighted by molar-refractivity contribution is 6.36. The molecule has 7 rings (SSSR count). The minimum Gasteiger partial charge on any atom is -0.491 e. The summed E-state index contributed by atoms with van der Waals surface area (Å²) in [4.78, 5) is 68.2. The standard InChI is InChI=1S/C46H62ClN7O10/c1-9-28-22-46(28,42(57)58)52-40(55)34-20-30(23-54(34)41(56)39(45(6,7)8)51-44(59)64-29-18-26(4)27(5)19-29)63-36-21-32(33-24-62-43(50-33)48-25(2)3)49-38-31(36)10-11-35(37(38)47)61-17-14-53-12-15-60-16-13-53/h9-11,21,24-30,34,39H,1,12-20,22-23H2,2-8H3,(H,48,50)(H,51,59)(H,52,55)(H,57,58)/t26-,27?,28-,29?,30-,34+,39-,46-/m1/s1. The van der Waals surface area contributed by atoms with E-state index < -0.39 is 58.9 Å². The van der Waals surface area contributed by atoms with Crippen LogP contribution in [0.4, 0.5) is 10.8 Å². The Bertz CT molecular complexity index is 2210. The summed E-state index contributed by atoms with van der Waals surface area (Å²) < 4.78 is 30.0. The van der Waals surface area contributed by atoms with E-state index in [0.717, 1.165) is 25.9 Å². The molecule has 0 bridgehead atoms. The van der Waals surface area contributed by atoms with Gasteiger partial charge < -0.3 is 49.3 Å². The van der Waals surface area contributed by atoms with Gasteiger partial charge in [-0.3, -0.25) is 14.5 Å². The summed E-state index contributed by atoms with van der Waals surface area (Å²) in [5, 5.41) is 19.7. The molecule has 18 heteroatoms. The molecule has 4 N–H and O–H groups in total. The summed E-state index contributed by atoms with van der Waals surface area (Å²) in [7, 11) is 0. The number of oxazole rings is 1. The van der Waals surface area contributed by atoms with Crippen molar-refractivity contribution in [2.75, 3.05) is 51.3 Å². The Hall–Kier alpha value is -5.13. The molecule has 2 saturated heterocycles. The second-order valence-electron chi connectivity index (χ2n) is 19.1. The lowest BCUT2D eigenvalue weighted by molar-refractivity contribution is -0.146. The number of hydrogen-bond acceptors (Lipinski definition) is 13. The van der Waals surface area contributed by atoms with Crippen LogP contribution in [0, 0.1) is 23.2 Å². The highest BCUT2D eigenvalue weighted by Gasteiger charge is 2.61. The van der Waals surface area contributed by atoms with Crippen LogP contribution in [0.15, 0.2) is 41.5 Å². The van der Waals surface area contributed by atoms with Crippen molar-refractivity contribution in [3.63, 3.8) is 0 Å². The number of fused-ring (bicyclic) bond motifs is 1. The van der Waals surface area contributed by atoms with Crippen molar-refractivity contribution in [3.8, 4) is 22.9 Å². The van der Waals surface area contributed by atoms with Crippen LogP contribution in [0.1, 0.15) is 74.1 Å². The van der Waals surface area contributed by atoms with Crippen LogP contribution in [0.2, 0.25) is 5.02 Å². The van der Waals surface area contributed by atoms with E-state index in [2.05, 4.69) is 46.3 Å². The predicted molar refractivity (Wildman–Crippen MR) is 239 cm³/mol. The number of amides is 3. The number of aliphatic carboxylic acids is 1. The number of nitrogens with zero attached hydrogens (tertiary/aromatic N) is 4. The molecule has 3 aromatic rings. The van der Waals surface area contributed by atoms with E-state index in [-0.39, 0.29) is 36.6 Å². The summed E-state index contributed by atoms with van der Waals surface area (Å²) in [5.74, 6) is -1.34. The molecule has 3 amide bonds. The van der Waals surface area contributed by atoms with E-state index in [0.29, 0.717) is 78.0 Å². The number of anilines is 1. The minimum absolute atomic E-state index is 0.00672. The highest BCUT2D eigenvalue weighted by Crippen LogP contribution is 2.45. The Balaban J connectivity index is 1.20. The van der Waals surface area contributed by atoms with Gasteiger partial charge in [-0.05, 0) is 62.5 Å². The quantitative estimate of drug-likeness (QED) is 0.119. The molecule has 8 atom stereocenters. The van der Waals surface area contributed by atoms with Crippen LogP contribution in [0.3, 0.4) is 0 Å². The molecule has 348 valence electrons. The van der Waals surface area contributed by atoms with Crippen LogP contribution in [-0.2, 0) is 23.9 Å². The number of morpholine rings is 1. The van der Waals surface area contributed by atoms with Crippen LogP contribution >= 0.6 is 11.6 Å². The molecule has 4 fully saturated rings. The molecule has 2 saturated carbocycles. The summed E-state index contributed by atoms with van der Waals surface area (Å²) in [6, 6.07) is 3.31. The Kier molecular flexibility index (Phi) is 14.0. The van der Waals surface area contributed by atoms with Crippen LogP contribution in [0.25, 0.3) is 22.3 Å². The number of alkyl carbamates (subject to hydrolysis) is 1. The summed E-state index contributed by atoms with van der Waals surface area (Å²) >= 11 is 7.08. The molecule has 2 aromatic heterocycles. The van der Waals surface area contributed by atoms with E-state index in [4.69, 9.17) is 39.9 Å². The monoisotopic (exact) mass is 907 g/mol. The minimum atomic E-state index is -1.55. The Morgan fingerprint density at radius 2 is 1.77 bits per heavy atom. The van der Waals surface area contributed by atoms with Crippen LogP contribution in [-0.4, -0.2) is 131 Å². The van der Waals surface area contributed by atoms with Crippen molar-refractivity contribution < 1.29 is 47.6 Å². The number of hydrogen-bond donors (Lipinski definition) is 4.